The van der Waals surface area contributed by atoms with Crippen molar-refractivity contribution in [1.29, 1.82) is 0 Å². The Balaban J connectivity index is 1.36. The van der Waals surface area contributed by atoms with Crippen molar-refractivity contribution in [3.8, 4) is 0 Å². The second-order valence-corrected chi connectivity index (χ2v) is 11.4. The van der Waals surface area contributed by atoms with E-state index in [1.165, 1.54) is 16.1 Å². The van der Waals surface area contributed by atoms with E-state index >= 15 is 0 Å². The molecule has 2 aromatic carbocycles. The minimum absolute atomic E-state index is 0.0927. The molecule has 1 fully saturated rings. The third kappa shape index (κ3) is 8.59. The number of hydrogen-bond donors (Lipinski definition) is 4. The summed E-state index contributed by atoms with van der Waals surface area (Å²) in [5, 5.41) is 21.0. The van der Waals surface area contributed by atoms with E-state index in [4.69, 9.17) is 28.3 Å². The number of carbonyl (C=O) groups excluding carboxylic acids is 2. The van der Waals surface area contributed by atoms with Crippen LogP contribution in [-0.4, -0.2) is 73.9 Å². The van der Waals surface area contributed by atoms with E-state index in [1.54, 1.807) is 34.4 Å². The Bertz CT molecular complexity index is 1250. The third-order valence-corrected chi connectivity index (χ3v) is 8.33. The zero-order chi connectivity index (χ0) is 28.3. The zero-order valence-corrected chi connectivity index (χ0v) is 24.6. The molecule has 0 aliphatic carbocycles. The van der Waals surface area contributed by atoms with Crippen molar-refractivity contribution in [2.24, 2.45) is 0 Å². The fourth-order valence-corrected chi connectivity index (χ4v) is 5.93. The highest BCUT2D eigenvalue weighted by Gasteiger charge is 2.30. The minimum Gasteiger partial charge on any atom is -0.395 e. The van der Waals surface area contributed by atoms with Crippen LogP contribution in [0, 0.1) is 0 Å². The monoisotopic (exact) mass is 603 g/mol. The lowest BCUT2D eigenvalue weighted by Gasteiger charge is -2.38. The molecular formula is C29H35Cl2N5O3S. The van der Waals surface area contributed by atoms with Gasteiger partial charge in [0.05, 0.1) is 6.61 Å². The van der Waals surface area contributed by atoms with Crippen LogP contribution in [0.25, 0.3) is 0 Å². The van der Waals surface area contributed by atoms with Gasteiger partial charge in [0.25, 0.3) is 0 Å². The molecule has 1 aromatic heterocycles. The molecule has 8 nitrogen and oxygen atoms in total. The highest BCUT2D eigenvalue weighted by atomic mass is 35.5. The van der Waals surface area contributed by atoms with Gasteiger partial charge >= 0.3 is 6.03 Å². The summed E-state index contributed by atoms with van der Waals surface area (Å²) in [6.07, 6.45) is 1.23. The molecule has 4 rings (SSSR count). The Kier molecular flexibility index (Phi) is 11.5. The molecule has 214 valence electrons. The van der Waals surface area contributed by atoms with Crippen LogP contribution in [0.2, 0.25) is 10.0 Å². The maximum atomic E-state index is 13.6. The molecule has 0 unspecified atom stereocenters. The molecule has 0 bridgehead atoms. The number of nitrogens with one attached hydrogen (secondary N) is 3. The average Bonchev–Trinajstić information content (AvgIpc) is 3.49. The molecule has 11 heteroatoms. The van der Waals surface area contributed by atoms with Gasteiger partial charge in [-0.15, -0.1) is 11.3 Å². The van der Waals surface area contributed by atoms with Crippen LogP contribution in [0.3, 0.4) is 0 Å². The lowest BCUT2D eigenvalue weighted by molar-refractivity contribution is -0.133. The van der Waals surface area contributed by atoms with Crippen LogP contribution >= 0.6 is 34.5 Å². The summed E-state index contributed by atoms with van der Waals surface area (Å²) in [6.45, 7) is 4.02. The normalized spacial score (nSPS) is 14.2. The van der Waals surface area contributed by atoms with Gasteiger partial charge in [-0.25, -0.2) is 4.79 Å². The van der Waals surface area contributed by atoms with Crippen molar-refractivity contribution in [3.05, 3.63) is 86.0 Å². The van der Waals surface area contributed by atoms with Gasteiger partial charge < -0.3 is 30.9 Å². The molecule has 3 aromatic rings. The van der Waals surface area contributed by atoms with Crippen LogP contribution < -0.4 is 20.9 Å². The molecule has 0 saturated carbocycles. The summed E-state index contributed by atoms with van der Waals surface area (Å²) in [5.41, 5.74) is 3.11. The standard InChI is InChI=1S/C29H35Cl2N5O3S/c30-23-8-7-21(25(31)19-23)18-26(34-29(39)33-11-16-37)28(38)36-14-12-35(13-15-36)27-6-2-1-4-22(27)20-32-10-9-24-5-3-17-40-24/h1-8,17,19,26,32,37H,9-16,18,20H2,(H2,33,34,39)/t26-/m1/s1. The van der Waals surface area contributed by atoms with E-state index in [1.807, 2.05) is 6.07 Å². The number of halogens is 2. The van der Waals surface area contributed by atoms with Crippen molar-refractivity contribution in [3.63, 3.8) is 0 Å². The molecule has 0 radical (unpaired) electrons. The molecule has 1 atom stereocenters. The number of anilines is 1. The first-order chi connectivity index (χ1) is 19.4. The van der Waals surface area contributed by atoms with Crippen LogP contribution in [0.5, 0.6) is 0 Å². The Morgan fingerprint density at radius 1 is 0.975 bits per heavy atom. The third-order valence-electron chi connectivity index (χ3n) is 6.81. The smallest absolute Gasteiger partial charge is 0.315 e. The number of piperazine rings is 1. The molecule has 3 amide bonds. The first-order valence-corrected chi connectivity index (χ1v) is 15.0. The van der Waals surface area contributed by atoms with Gasteiger partial charge in [0.2, 0.25) is 5.91 Å². The van der Waals surface area contributed by atoms with Gasteiger partial charge in [0.1, 0.15) is 6.04 Å². The molecule has 1 aliphatic heterocycles. The highest BCUT2D eigenvalue weighted by Crippen LogP contribution is 2.24. The van der Waals surface area contributed by atoms with Gasteiger partial charge in [0, 0.05) is 72.8 Å². The van der Waals surface area contributed by atoms with Gasteiger partial charge in [-0.2, -0.15) is 0 Å². The lowest BCUT2D eigenvalue weighted by Crippen LogP contribution is -2.57. The van der Waals surface area contributed by atoms with E-state index in [0.29, 0.717) is 41.8 Å². The molecule has 2 heterocycles. The summed E-state index contributed by atoms with van der Waals surface area (Å²) < 4.78 is 0. The Morgan fingerprint density at radius 3 is 2.50 bits per heavy atom. The number of amides is 3. The number of aliphatic hydroxyl groups is 1. The molecular weight excluding hydrogens is 569 g/mol. The first kappa shape index (κ1) is 30.1. The molecule has 1 aliphatic rings. The van der Waals surface area contributed by atoms with Crippen LogP contribution in [-0.2, 0) is 24.2 Å². The fourth-order valence-electron chi connectivity index (χ4n) is 4.73. The van der Waals surface area contributed by atoms with Crippen molar-refractivity contribution in [2.45, 2.75) is 25.4 Å². The minimum atomic E-state index is -0.816. The van der Waals surface area contributed by atoms with Crippen LogP contribution in [0.4, 0.5) is 10.5 Å². The van der Waals surface area contributed by atoms with E-state index in [2.05, 4.69) is 56.6 Å². The predicted octanol–water partition coefficient (Wildman–Crippen LogP) is 3.94. The summed E-state index contributed by atoms with van der Waals surface area (Å²) in [7, 11) is 0. The number of nitrogens with zero attached hydrogens (tertiary/aromatic N) is 2. The van der Waals surface area contributed by atoms with Gasteiger partial charge in [-0.3, -0.25) is 4.79 Å². The van der Waals surface area contributed by atoms with E-state index in [-0.39, 0.29) is 25.5 Å². The fraction of sp³-hybridized carbons (Fsp3) is 0.379. The molecule has 1 saturated heterocycles. The summed E-state index contributed by atoms with van der Waals surface area (Å²) in [5.74, 6) is -0.173. The quantitative estimate of drug-likeness (QED) is 0.235. The largest absolute Gasteiger partial charge is 0.395 e. The summed E-state index contributed by atoms with van der Waals surface area (Å²) in [6, 6.07) is 16.4. The Labute approximate surface area is 249 Å². The first-order valence-electron chi connectivity index (χ1n) is 13.4. The number of rotatable bonds is 12. The predicted molar refractivity (Wildman–Crippen MR) is 163 cm³/mol. The average molecular weight is 605 g/mol. The lowest BCUT2D eigenvalue weighted by atomic mass is 10.0. The second-order valence-electron chi connectivity index (χ2n) is 9.56. The van der Waals surface area contributed by atoms with Crippen molar-refractivity contribution < 1.29 is 14.7 Å². The van der Waals surface area contributed by atoms with Crippen LogP contribution in [0.15, 0.2) is 60.0 Å². The summed E-state index contributed by atoms with van der Waals surface area (Å²) in [4.78, 5) is 31.5. The number of aliphatic hydroxyl groups excluding tert-OH is 1. The number of thiophene rings is 1. The second kappa shape index (κ2) is 15.3. The molecule has 4 N–H and O–H groups in total. The number of urea groups is 1. The number of carbonyl (C=O) groups is 2. The van der Waals surface area contributed by atoms with Crippen molar-refractivity contribution in [2.75, 3.05) is 50.8 Å². The molecule has 40 heavy (non-hydrogen) atoms. The number of hydrogen-bond acceptors (Lipinski definition) is 6. The van der Waals surface area contributed by atoms with Crippen molar-refractivity contribution in [1.82, 2.24) is 20.9 Å². The zero-order valence-electron chi connectivity index (χ0n) is 22.2. The number of para-hydroxylation sites is 1. The molecule has 0 spiro atoms. The van der Waals surface area contributed by atoms with E-state index in [0.717, 1.165) is 19.5 Å². The maximum Gasteiger partial charge on any atom is 0.315 e. The van der Waals surface area contributed by atoms with Gasteiger partial charge in [-0.1, -0.05) is 53.5 Å². The Morgan fingerprint density at radius 2 is 1.77 bits per heavy atom. The maximum absolute atomic E-state index is 13.6. The van der Waals surface area contributed by atoms with Crippen molar-refractivity contribution >= 4 is 52.2 Å². The highest BCUT2D eigenvalue weighted by molar-refractivity contribution is 7.09. The van der Waals surface area contributed by atoms with Gasteiger partial charge in [0.15, 0.2) is 0 Å². The summed E-state index contributed by atoms with van der Waals surface area (Å²) >= 11 is 14.2. The topological polar surface area (TPSA) is 96.9 Å². The Hall–Kier alpha value is -2.82. The number of benzene rings is 2. The van der Waals surface area contributed by atoms with E-state index in [9.17, 15) is 9.59 Å². The van der Waals surface area contributed by atoms with E-state index < -0.39 is 12.1 Å². The van der Waals surface area contributed by atoms with Gasteiger partial charge in [-0.05, 0) is 47.2 Å². The SMILES string of the molecule is O=C(NCCO)N[C@H](Cc1ccc(Cl)cc1Cl)C(=O)N1CCN(c2ccccc2CNCCc2cccs2)CC1. The van der Waals surface area contributed by atoms with Crippen LogP contribution in [0.1, 0.15) is 16.0 Å².